The van der Waals surface area contributed by atoms with Gasteiger partial charge in [-0.2, -0.15) is 21.0 Å². The van der Waals surface area contributed by atoms with Gasteiger partial charge in [0.05, 0.1) is 44.8 Å². The van der Waals surface area contributed by atoms with E-state index in [4.69, 9.17) is 0 Å². The van der Waals surface area contributed by atoms with Crippen LogP contribution in [0.25, 0.3) is 60.9 Å². The molecule has 0 bridgehead atoms. The van der Waals surface area contributed by atoms with E-state index in [1.807, 2.05) is 126 Å². The highest BCUT2D eigenvalue weighted by Crippen LogP contribution is 2.48. The first-order valence-electron chi connectivity index (χ1n) is 19.2. The van der Waals surface area contributed by atoms with Gasteiger partial charge in [-0.05, 0) is 74.8 Å². The summed E-state index contributed by atoms with van der Waals surface area (Å²) in [4.78, 5) is 1.90. The number of nitrogens with zero attached hydrogens (tertiary/aromatic N) is 6. The summed E-state index contributed by atoms with van der Waals surface area (Å²) in [7, 11) is 0. The molecule has 0 spiro atoms. The van der Waals surface area contributed by atoms with Gasteiger partial charge < -0.3 is 9.47 Å². The van der Waals surface area contributed by atoms with Crippen LogP contribution >= 0.6 is 0 Å². The van der Waals surface area contributed by atoms with Gasteiger partial charge in [-0.15, -0.1) is 0 Å². The van der Waals surface area contributed by atoms with E-state index in [0.29, 0.717) is 5.69 Å². The van der Waals surface area contributed by atoms with Crippen LogP contribution in [0.4, 0.5) is 11.4 Å². The highest BCUT2D eigenvalue weighted by Gasteiger charge is 2.33. The molecule has 0 N–H and O–H groups in total. The molecule has 0 atom stereocenters. The maximum Gasteiger partial charge on any atom is 0.103 e. The maximum atomic E-state index is 11.2. The Balaban J connectivity index is 1.41. The van der Waals surface area contributed by atoms with E-state index in [1.165, 1.54) is 0 Å². The fourth-order valence-electron chi connectivity index (χ4n) is 8.97. The number of benzene rings is 7. The largest absolute Gasteiger partial charge is 0.335 e. The van der Waals surface area contributed by atoms with E-state index in [9.17, 15) is 21.0 Å². The van der Waals surface area contributed by atoms with Crippen molar-refractivity contribution in [1.29, 1.82) is 21.0 Å². The fraction of sp³-hybridized carbons (Fsp3) is 0.0769. The fourth-order valence-corrected chi connectivity index (χ4v) is 8.97. The van der Waals surface area contributed by atoms with Gasteiger partial charge in [0.25, 0.3) is 0 Å². The Morgan fingerprint density at radius 3 is 1.86 bits per heavy atom. The third-order valence-electron chi connectivity index (χ3n) is 11.5. The Morgan fingerprint density at radius 1 is 0.603 bits per heavy atom. The van der Waals surface area contributed by atoms with Crippen LogP contribution in [0, 0.1) is 52.2 Å². The topological polar surface area (TPSA) is 103 Å². The molecule has 1 aromatic heterocycles. The average molecular weight is 743 g/mol. The van der Waals surface area contributed by atoms with Crippen molar-refractivity contribution in [1.82, 2.24) is 4.57 Å². The number of aryl methyl sites for hydroxylation is 1. The highest BCUT2D eigenvalue weighted by atomic mass is 15.1. The van der Waals surface area contributed by atoms with Crippen molar-refractivity contribution >= 4 is 55.5 Å². The minimum atomic E-state index is 0.0143. The van der Waals surface area contributed by atoms with Gasteiger partial charge in [-0.3, -0.25) is 0 Å². The van der Waals surface area contributed by atoms with Crippen molar-refractivity contribution in [3.05, 3.63) is 184 Å². The number of anilines is 2. The first kappa shape index (κ1) is 35.5. The molecular formula is C52H34N6. The summed E-state index contributed by atoms with van der Waals surface area (Å²) in [5.41, 5.74) is 9.45. The van der Waals surface area contributed by atoms with Crippen molar-refractivity contribution in [2.24, 2.45) is 0 Å². The Kier molecular flexibility index (Phi) is 8.68. The Bertz CT molecular complexity index is 3220. The number of fused-ring (bicyclic) bond motifs is 7. The SMILES string of the molecule is C=C1c2ccccc2/C=C\CN(c2c(C#N)c(C#N)c(-n3c(C)c(-c4ccccc4CC)c4c5ccccc5ccc43)c(C#N)c2C#N)c2ccc3ccccc3c21. The van der Waals surface area contributed by atoms with Gasteiger partial charge >= 0.3 is 0 Å². The molecule has 0 unspecified atom stereocenters. The molecule has 272 valence electrons. The molecule has 58 heavy (non-hydrogen) atoms. The van der Waals surface area contributed by atoms with E-state index in [2.05, 4.69) is 62.0 Å². The number of aromatic nitrogens is 1. The molecule has 6 nitrogen and oxygen atoms in total. The lowest BCUT2D eigenvalue weighted by Gasteiger charge is -2.30. The molecule has 1 aliphatic rings. The van der Waals surface area contributed by atoms with Crippen LogP contribution in [0.1, 0.15) is 57.1 Å². The van der Waals surface area contributed by atoms with Crippen molar-refractivity contribution in [3.63, 3.8) is 0 Å². The summed E-state index contributed by atoms with van der Waals surface area (Å²) in [6.45, 7) is 8.98. The summed E-state index contributed by atoms with van der Waals surface area (Å²) in [6.07, 6.45) is 4.79. The molecule has 8 aromatic rings. The second-order valence-electron chi connectivity index (χ2n) is 14.4. The first-order valence-corrected chi connectivity index (χ1v) is 19.2. The zero-order valence-corrected chi connectivity index (χ0v) is 32.0. The predicted molar refractivity (Wildman–Crippen MR) is 234 cm³/mol. The van der Waals surface area contributed by atoms with Gasteiger partial charge in [-0.25, -0.2) is 0 Å². The lowest BCUT2D eigenvalue weighted by molar-refractivity contribution is 1.03. The van der Waals surface area contributed by atoms with E-state index in [-0.39, 0.29) is 40.2 Å². The summed E-state index contributed by atoms with van der Waals surface area (Å²) in [5, 5.41) is 49.9. The predicted octanol–water partition coefficient (Wildman–Crippen LogP) is 12.2. The molecule has 0 fully saturated rings. The van der Waals surface area contributed by atoms with Crippen LogP contribution in [0.2, 0.25) is 0 Å². The average Bonchev–Trinajstić information content (AvgIpc) is 3.59. The van der Waals surface area contributed by atoms with Gasteiger partial charge in [0, 0.05) is 28.8 Å². The zero-order chi connectivity index (χ0) is 40.1. The third kappa shape index (κ3) is 5.22. The number of hydrogen-bond acceptors (Lipinski definition) is 5. The second kappa shape index (κ2) is 14.2. The molecule has 0 amide bonds. The number of rotatable bonds is 4. The molecule has 6 heteroatoms. The van der Waals surface area contributed by atoms with Crippen molar-refractivity contribution in [2.45, 2.75) is 20.3 Å². The minimum absolute atomic E-state index is 0.0143. The molecule has 0 aliphatic carbocycles. The standard InChI is InChI=1S/C52H34N6/c1-4-34-14-5-10-20-39(34)49-33(3)58(47-26-24-37-17-8-12-22-41(37)50(47)49)52-44(30-55)42(28-53)51(43(29-54)45(52)31-56)57-27-13-18-35-15-6-9-19-38(35)32(2)48-40-21-11-7-16-36(40)23-25-46(48)57/h5-26H,2,4,27H2,1,3H3/b18-13-. The quantitative estimate of drug-likeness (QED) is 0.179. The summed E-state index contributed by atoms with van der Waals surface area (Å²) in [5.74, 6) is 0. The molecular weight excluding hydrogens is 709 g/mol. The molecule has 0 radical (unpaired) electrons. The van der Waals surface area contributed by atoms with Gasteiger partial charge in [0.2, 0.25) is 0 Å². The summed E-state index contributed by atoms with van der Waals surface area (Å²) in [6, 6.07) is 50.1. The van der Waals surface area contributed by atoms with Crippen LogP contribution in [-0.2, 0) is 6.42 Å². The van der Waals surface area contributed by atoms with Crippen molar-refractivity contribution in [2.75, 3.05) is 11.4 Å². The Hall–Kier alpha value is -8.16. The van der Waals surface area contributed by atoms with Gasteiger partial charge in [0.15, 0.2) is 0 Å². The van der Waals surface area contributed by atoms with Crippen LogP contribution in [0.3, 0.4) is 0 Å². The third-order valence-corrected chi connectivity index (χ3v) is 11.5. The Labute approximate surface area is 336 Å². The molecule has 2 heterocycles. The van der Waals surface area contributed by atoms with Crippen molar-refractivity contribution < 1.29 is 0 Å². The Morgan fingerprint density at radius 2 is 1.17 bits per heavy atom. The monoisotopic (exact) mass is 742 g/mol. The summed E-state index contributed by atoms with van der Waals surface area (Å²) < 4.78 is 1.92. The molecule has 0 saturated carbocycles. The molecule has 7 aromatic carbocycles. The van der Waals surface area contributed by atoms with Gasteiger partial charge in [-0.1, -0.05) is 135 Å². The lowest BCUT2D eigenvalue weighted by atomic mass is 9.89. The van der Waals surface area contributed by atoms with E-state index in [0.717, 1.165) is 83.5 Å². The molecule has 9 rings (SSSR count). The second-order valence-corrected chi connectivity index (χ2v) is 14.4. The number of nitriles is 4. The summed E-state index contributed by atoms with van der Waals surface area (Å²) >= 11 is 0. The zero-order valence-electron chi connectivity index (χ0n) is 32.0. The lowest BCUT2D eigenvalue weighted by Crippen LogP contribution is -2.23. The highest BCUT2D eigenvalue weighted by molar-refractivity contribution is 6.16. The van der Waals surface area contributed by atoms with Gasteiger partial charge in [0.1, 0.15) is 24.3 Å². The molecule has 1 aliphatic heterocycles. The molecule has 0 saturated heterocycles. The van der Waals surface area contributed by atoms with E-state index >= 15 is 0 Å². The van der Waals surface area contributed by atoms with Crippen LogP contribution in [-0.4, -0.2) is 11.1 Å². The maximum absolute atomic E-state index is 11.2. The van der Waals surface area contributed by atoms with Crippen LogP contribution in [0.5, 0.6) is 0 Å². The first-order chi connectivity index (χ1) is 28.4. The van der Waals surface area contributed by atoms with E-state index < -0.39 is 0 Å². The smallest absolute Gasteiger partial charge is 0.103 e. The van der Waals surface area contributed by atoms with Crippen LogP contribution in [0.15, 0.2) is 134 Å². The van der Waals surface area contributed by atoms with Crippen molar-refractivity contribution in [3.8, 4) is 41.1 Å². The number of hydrogen-bond donors (Lipinski definition) is 0. The normalized spacial score (nSPS) is 12.7. The van der Waals surface area contributed by atoms with Crippen LogP contribution < -0.4 is 4.90 Å². The van der Waals surface area contributed by atoms with E-state index in [1.54, 1.807) is 0 Å². The minimum Gasteiger partial charge on any atom is -0.335 e.